The van der Waals surface area contributed by atoms with Gasteiger partial charge in [0.2, 0.25) is 5.91 Å². The van der Waals surface area contributed by atoms with Crippen molar-refractivity contribution in [2.45, 2.75) is 251 Å². The molecule has 2 N–H and O–H groups in total. The lowest BCUT2D eigenvalue weighted by molar-refractivity contribution is -0.870. The van der Waals surface area contributed by atoms with Crippen LogP contribution in [0.4, 0.5) is 0 Å². The minimum Gasteiger partial charge on any atom is -0.456 e. The Morgan fingerprint density at radius 2 is 0.901 bits per heavy atom. The highest BCUT2D eigenvalue weighted by Crippen LogP contribution is 2.43. The Bertz CT molecular complexity index is 1490. The zero-order valence-corrected chi connectivity index (χ0v) is 47.6. The van der Waals surface area contributed by atoms with E-state index in [2.05, 4.69) is 99.0 Å². The molecular formula is C61H110N2O7P+. The van der Waals surface area contributed by atoms with E-state index in [9.17, 15) is 19.0 Å². The van der Waals surface area contributed by atoms with Crippen molar-refractivity contribution in [3.63, 3.8) is 0 Å². The third-order valence-corrected chi connectivity index (χ3v) is 13.3. The Morgan fingerprint density at radius 3 is 1.39 bits per heavy atom. The van der Waals surface area contributed by atoms with Crippen LogP contribution in [0.5, 0.6) is 0 Å². The molecule has 0 saturated carbocycles. The average molecular weight is 1010 g/mol. The summed E-state index contributed by atoms with van der Waals surface area (Å²) >= 11 is 0. The molecule has 0 aromatic rings. The van der Waals surface area contributed by atoms with Gasteiger partial charge in [-0.3, -0.25) is 18.6 Å². The fourth-order valence-corrected chi connectivity index (χ4v) is 8.58. The van der Waals surface area contributed by atoms with Gasteiger partial charge in [-0.05, 0) is 102 Å². The van der Waals surface area contributed by atoms with E-state index in [-0.39, 0.29) is 37.9 Å². The van der Waals surface area contributed by atoms with Crippen molar-refractivity contribution < 1.29 is 37.3 Å². The number of esters is 1. The zero-order valence-electron chi connectivity index (χ0n) is 46.7. The predicted molar refractivity (Wildman–Crippen MR) is 304 cm³/mol. The van der Waals surface area contributed by atoms with Crippen LogP contribution in [0.25, 0.3) is 0 Å². The van der Waals surface area contributed by atoms with Gasteiger partial charge in [0, 0.05) is 12.8 Å². The van der Waals surface area contributed by atoms with Crippen LogP contribution in [-0.4, -0.2) is 74.3 Å². The maximum absolute atomic E-state index is 13.5. The van der Waals surface area contributed by atoms with Gasteiger partial charge in [0.05, 0.1) is 33.8 Å². The summed E-state index contributed by atoms with van der Waals surface area (Å²) < 4.78 is 30.6. The summed E-state index contributed by atoms with van der Waals surface area (Å²) in [6.07, 6.45) is 65.7. The number of quaternary nitrogens is 1. The first-order valence-electron chi connectivity index (χ1n) is 28.9. The molecule has 0 aromatic heterocycles. The van der Waals surface area contributed by atoms with Crippen LogP contribution in [-0.2, 0) is 27.9 Å². The molecule has 0 fully saturated rings. The fourth-order valence-electron chi connectivity index (χ4n) is 7.84. The van der Waals surface area contributed by atoms with Gasteiger partial charge in [-0.25, -0.2) is 4.57 Å². The Hall–Kier alpha value is -2.81. The van der Waals surface area contributed by atoms with Crippen LogP contribution in [0.1, 0.15) is 239 Å². The van der Waals surface area contributed by atoms with Gasteiger partial charge >= 0.3 is 13.8 Å². The number of carbonyl (C=O) groups is 2. The van der Waals surface area contributed by atoms with E-state index in [4.69, 9.17) is 13.8 Å². The molecule has 0 rings (SSSR count). The molecule has 0 aromatic carbocycles. The minimum absolute atomic E-state index is 0.0289. The van der Waals surface area contributed by atoms with Crippen molar-refractivity contribution in [1.82, 2.24) is 5.32 Å². The summed E-state index contributed by atoms with van der Waals surface area (Å²) in [5.74, 6) is -0.554. The van der Waals surface area contributed by atoms with E-state index in [1.807, 2.05) is 33.3 Å². The van der Waals surface area contributed by atoms with Gasteiger partial charge in [0.1, 0.15) is 19.3 Å². The second kappa shape index (κ2) is 50.7. The van der Waals surface area contributed by atoms with Crippen molar-refractivity contribution in [3.8, 4) is 0 Å². The maximum Gasteiger partial charge on any atom is 0.472 e. The second-order valence-electron chi connectivity index (χ2n) is 20.4. The van der Waals surface area contributed by atoms with Crippen molar-refractivity contribution in [3.05, 3.63) is 85.1 Å². The number of likely N-dealkylation sites (N-methyl/N-ethyl adjacent to an activating group) is 1. The molecule has 0 bridgehead atoms. The first kappa shape index (κ1) is 68.2. The number of unbranched alkanes of at least 4 members (excludes halogenated alkanes) is 23. The third kappa shape index (κ3) is 51.9. The van der Waals surface area contributed by atoms with Crippen molar-refractivity contribution >= 4 is 19.7 Å². The van der Waals surface area contributed by atoms with Gasteiger partial charge in [-0.1, -0.05) is 209 Å². The smallest absolute Gasteiger partial charge is 0.456 e. The number of carbonyl (C=O) groups excluding carboxylic acids is 2. The van der Waals surface area contributed by atoms with E-state index >= 15 is 0 Å². The van der Waals surface area contributed by atoms with Crippen molar-refractivity contribution in [2.75, 3.05) is 40.9 Å². The monoisotopic (exact) mass is 1010 g/mol. The molecule has 0 spiro atoms. The topological polar surface area (TPSA) is 111 Å². The van der Waals surface area contributed by atoms with Crippen LogP contribution >= 0.6 is 7.82 Å². The van der Waals surface area contributed by atoms with Crippen molar-refractivity contribution in [2.24, 2.45) is 0 Å². The summed E-state index contributed by atoms with van der Waals surface area (Å²) in [5, 5.41) is 3.03. The molecule has 3 unspecified atom stereocenters. The van der Waals surface area contributed by atoms with Crippen LogP contribution in [0.15, 0.2) is 85.1 Å². The lowest BCUT2D eigenvalue weighted by Crippen LogP contribution is -2.47. The number of rotatable bonds is 51. The molecular weight excluding hydrogens is 904 g/mol. The highest BCUT2D eigenvalue weighted by Gasteiger charge is 2.30. The molecule has 0 aliphatic rings. The number of amides is 1. The van der Waals surface area contributed by atoms with Gasteiger partial charge in [0.25, 0.3) is 0 Å². The number of hydrogen-bond donors (Lipinski definition) is 2. The number of phosphoric acid groups is 1. The largest absolute Gasteiger partial charge is 0.472 e. The van der Waals surface area contributed by atoms with E-state index in [0.717, 1.165) is 103 Å². The van der Waals surface area contributed by atoms with E-state index in [1.54, 1.807) is 0 Å². The number of nitrogens with zero attached hydrogens (tertiary/aromatic N) is 1. The molecule has 10 heteroatoms. The minimum atomic E-state index is -4.46. The van der Waals surface area contributed by atoms with E-state index in [1.165, 1.54) is 96.3 Å². The molecule has 3 atom stereocenters. The van der Waals surface area contributed by atoms with Gasteiger partial charge in [-0.2, -0.15) is 0 Å². The average Bonchev–Trinajstić information content (AvgIpc) is 3.33. The van der Waals surface area contributed by atoms with Crippen LogP contribution in [0, 0.1) is 0 Å². The van der Waals surface area contributed by atoms with Gasteiger partial charge in [0.15, 0.2) is 0 Å². The number of ether oxygens (including phenoxy) is 1. The van der Waals surface area contributed by atoms with Gasteiger partial charge in [-0.15, -0.1) is 0 Å². The molecule has 0 aliphatic heterocycles. The molecule has 410 valence electrons. The molecule has 0 radical (unpaired) electrons. The quantitative estimate of drug-likeness (QED) is 0.0205. The van der Waals surface area contributed by atoms with Crippen LogP contribution < -0.4 is 5.32 Å². The summed E-state index contributed by atoms with van der Waals surface area (Å²) in [4.78, 5) is 37.6. The first-order chi connectivity index (χ1) is 34.4. The third-order valence-electron chi connectivity index (χ3n) is 12.3. The molecule has 1 amide bonds. The lowest BCUT2D eigenvalue weighted by atomic mass is 10.0. The molecule has 0 saturated heterocycles. The Morgan fingerprint density at radius 1 is 0.507 bits per heavy atom. The van der Waals surface area contributed by atoms with Crippen LogP contribution in [0.2, 0.25) is 0 Å². The summed E-state index contributed by atoms with van der Waals surface area (Å²) in [6.45, 7) is 6.83. The highest BCUT2D eigenvalue weighted by atomic mass is 31.2. The number of allylic oxidation sites excluding steroid dienone is 13. The SMILES string of the molecule is CC/C=C/C/C=C/C/C=C/C/C=C/CCCCCC(=O)NC(COP(=O)(O)OCC[N+](C)(C)C)C(/C=C/CCCCCCCCCCCC)OC(=O)CCCCCCCCC/C=C\C/C=C\CCCCC. The lowest BCUT2D eigenvalue weighted by Gasteiger charge is -2.27. The number of phosphoric ester groups is 1. The van der Waals surface area contributed by atoms with Crippen molar-refractivity contribution in [1.29, 1.82) is 0 Å². The molecule has 0 aliphatic carbocycles. The number of nitrogens with one attached hydrogen (secondary N) is 1. The number of hydrogen-bond acceptors (Lipinski definition) is 6. The molecule has 71 heavy (non-hydrogen) atoms. The van der Waals surface area contributed by atoms with E-state index in [0.29, 0.717) is 17.4 Å². The fraction of sp³-hybridized carbons (Fsp3) is 0.738. The van der Waals surface area contributed by atoms with Gasteiger partial charge < -0.3 is 19.4 Å². The normalized spacial score (nSPS) is 14.4. The Balaban J connectivity index is 5.41. The summed E-state index contributed by atoms with van der Waals surface area (Å²) in [6, 6.07) is -0.871. The van der Waals surface area contributed by atoms with E-state index < -0.39 is 20.0 Å². The maximum atomic E-state index is 13.5. The van der Waals surface area contributed by atoms with Crippen LogP contribution in [0.3, 0.4) is 0 Å². The highest BCUT2D eigenvalue weighted by molar-refractivity contribution is 7.47. The Labute approximate surface area is 437 Å². The zero-order chi connectivity index (χ0) is 52.2. The summed E-state index contributed by atoms with van der Waals surface area (Å²) in [5.41, 5.74) is 0. The first-order valence-corrected chi connectivity index (χ1v) is 30.4. The summed E-state index contributed by atoms with van der Waals surface area (Å²) in [7, 11) is 1.46. The standard InChI is InChI=1S/C61H109N2O7P/c1-7-10-13-16-19-22-25-28-30-32-34-36-39-42-45-48-51-54-61(65)70-59(52-49-46-43-40-37-27-24-21-18-15-12-9-3)58(57-69-71(66,67)68-56-55-63(4,5)6)62-60(64)53-50-47-44-41-38-35-33-31-29-26-23-20-17-14-11-8-2/h11,14,19-20,22-23,28-31,35,38,49,52,58-59H,7-10,12-13,15-18,21,24-27,32-34,36-37,39-48,50-51,53-57H2,1-6H3,(H-,62,64,66,67)/p+1/b14-11+,22-19-,23-20+,30-28-,31-29+,38-35+,52-49+. The molecule has 9 nitrogen and oxygen atoms in total. The Kier molecular flexibility index (Phi) is 48.7. The predicted octanol–water partition coefficient (Wildman–Crippen LogP) is 17.4. The second-order valence-corrected chi connectivity index (χ2v) is 21.9. The molecule has 0 heterocycles.